The molecule has 1 saturated heterocycles. The van der Waals surface area contributed by atoms with E-state index in [2.05, 4.69) is 30.5 Å². The Morgan fingerprint density at radius 3 is 2.60 bits per heavy atom. The summed E-state index contributed by atoms with van der Waals surface area (Å²) in [6.45, 7) is 1.76. The molecule has 1 fully saturated rings. The van der Waals surface area contributed by atoms with Crippen molar-refractivity contribution >= 4 is 17.5 Å². The van der Waals surface area contributed by atoms with Gasteiger partial charge in [-0.25, -0.2) is 23.7 Å². The van der Waals surface area contributed by atoms with Gasteiger partial charge in [0.25, 0.3) is 11.5 Å². The number of aryl methyl sites for hydroxylation is 1. The first-order valence-electron chi connectivity index (χ1n) is 10.6. The molecule has 5 rings (SSSR count). The molecular formula is C22H20F2N8O3. The maximum absolute atomic E-state index is 14.5. The van der Waals surface area contributed by atoms with E-state index in [0.29, 0.717) is 17.3 Å². The molecule has 0 aliphatic carbocycles. The molecule has 1 atom stereocenters. The van der Waals surface area contributed by atoms with Gasteiger partial charge in [0.05, 0.1) is 35.5 Å². The van der Waals surface area contributed by atoms with E-state index in [-0.39, 0.29) is 11.4 Å². The van der Waals surface area contributed by atoms with Crippen LogP contribution < -0.4 is 5.32 Å². The first-order chi connectivity index (χ1) is 16.7. The summed E-state index contributed by atoms with van der Waals surface area (Å²) < 4.78 is 35.7. The SMILES string of the molecule is CCn1cc(Nc2nccc(-c3cccc(-c4cc([C@@]5(O)C(=O)N(C)CC5(F)F)on4)n3)n2)cn1. The fourth-order valence-electron chi connectivity index (χ4n) is 3.78. The molecule has 1 amide bonds. The van der Waals surface area contributed by atoms with Crippen LogP contribution in [0.2, 0.25) is 0 Å². The molecule has 13 heteroatoms. The summed E-state index contributed by atoms with van der Waals surface area (Å²) in [7, 11) is 1.18. The van der Waals surface area contributed by atoms with Crippen molar-refractivity contribution in [1.82, 2.24) is 34.8 Å². The molecular weight excluding hydrogens is 462 g/mol. The number of aromatic nitrogens is 6. The Balaban J connectivity index is 1.43. The molecule has 1 aliphatic rings. The van der Waals surface area contributed by atoms with Gasteiger partial charge in [-0.2, -0.15) is 5.10 Å². The minimum absolute atomic E-state index is 0.0767. The van der Waals surface area contributed by atoms with Gasteiger partial charge in [0.1, 0.15) is 5.69 Å². The molecule has 4 aromatic rings. The smallest absolute Gasteiger partial charge is 0.309 e. The standard InChI is InChI=1S/C22H20F2N8O3/c1-3-32-11-13(10-26-32)27-20-25-8-7-16(29-20)14-5-4-6-15(28-14)17-9-18(35-30-17)22(34)19(33)31(2)12-21(22,23)24/h4-11,34H,3,12H2,1-2H3,(H,25,27,29)/t22-/m1/s1. The molecule has 0 unspecified atom stereocenters. The maximum Gasteiger partial charge on any atom is 0.309 e. The van der Waals surface area contributed by atoms with Crippen molar-refractivity contribution in [3.8, 4) is 22.8 Å². The average Bonchev–Trinajstić information content (AvgIpc) is 3.56. The van der Waals surface area contributed by atoms with Gasteiger partial charge in [0.2, 0.25) is 5.95 Å². The molecule has 1 aliphatic heterocycles. The van der Waals surface area contributed by atoms with Crippen LogP contribution in [0, 0.1) is 0 Å². The summed E-state index contributed by atoms with van der Waals surface area (Å²) in [5.41, 5.74) is -1.10. The minimum Gasteiger partial charge on any atom is -0.368 e. The van der Waals surface area contributed by atoms with Crippen molar-refractivity contribution in [2.75, 3.05) is 18.9 Å². The molecule has 0 radical (unpaired) electrons. The minimum atomic E-state index is -3.75. The number of rotatable bonds is 6. The normalized spacial score (nSPS) is 19.3. The molecule has 0 saturated carbocycles. The van der Waals surface area contributed by atoms with Gasteiger partial charge in [0, 0.05) is 32.1 Å². The highest BCUT2D eigenvalue weighted by Crippen LogP contribution is 2.45. The van der Waals surface area contributed by atoms with E-state index >= 15 is 0 Å². The Labute approximate surface area is 197 Å². The number of carbonyl (C=O) groups excluding carboxylic acids is 1. The molecule has 5 heterocycles. The Bertz CT molecular complexity index is 1400. The molecule has 2 N–H and O–H groups in total. The topological polar surface area (TPSA) is 135 Å². The predicted molar refractivity (Wildman–Crippen MR) is 118 cm³/mol. The second-order valence-corrected chi connectivity index (χ2v) is 8.04. The van der Waals surface area contributed by atoms with Crippen LogP contribution in [0.4, 0.5) is 20.4 Å². The molecule has 0 aromatic carbocycles. The molecule has 0 spiro atoms. The van der Waals surface area contributed by atoms with E-state index in [9.17, 15) is 18.7 Å². The number of hydrogen-bond acceptors (Lipinski definition) is 9. The molecule has 180 valence electrons. The number of halogens is 2. The van der Waals surface area contributed by atoms with E-state index in [1.54, 1.807) is 41.3 Å². The van der Waals surface area contributed by atoms with Gasteiger partial charge in [-0.05, 0) is 25.1 Å². The Hall–Kier alpha value is -4.26. The molecule has 35 heavy (non-hydrogen) atoms. The van der Waals surface area contributed by atoms with Crippen molar-refractivity contribution in [1.29, 1.82) is 0 Å². The van der Waals surface area contributed by atoms with E-state index < -0.39 is 29.7 Å². The lowest BCUT2D eigenvalue weighted by molar-refractivity contribution is -0.179. The number of likely N-dealkylation sites (tertiary alicyclic amines) is 1. The van der Waals surface area contributed by atoms with Crippen LogP contribution in [0.5, 0.6) is 0 Å². The average molecular weight is 482 g/mol. The van der Waals surface area contributed by atoms with E-state index in [1.165, 1.54) is 7.05 Å². The summed E-state index contributed by atoms with van der Waals surface area (Å²) in [5.74, 6) is -5.23. The lowest BCUT2D eigenvalue weighted by Gasteiger charge is -2.22. The third-order valence-electron chi connectivity index (χ3n) is 5.63. The number of amides is 1. The molecule has 0 bridgehead atoms. The zero-order chi connectivity index (χ0) is 24.8. The van der Waals surface area contributed by atoms with Crippen molar-refractivity contribution in [2.45, 2.75) is 25.0 Å². The largest absolute Gasteiger partial charge is 0.368 e. The number of aliphatic hydroxyl groups is 1. The number of nitrogens with one attached hydrogen (secondary N) is 1. The number of carbonyl (C=O) groups is 1. The van der Waals surface area contributed by atoms with Crippen LogP contribution in [0.25, 0.3) is 22.8 Å². The zero-order valence-electron chi connectivity index (χ0n) is 18.7. The van der Waals surface area contributed by atoms with Gasteiger partial charge < -0.3 is 19.8 Å². The fourth-order valence-corrected chi connectivity index (χ4v) is 3.78. The fraction of sp³-hybridized carbons (Fsp3) is 0.273. The number of hydrogen-bond donors (Lipinski definition) is 2. The summed E-state index contributed by atoms with van der Waals surface area (Å²) in [6, 6.07) is 7.75. The van der Waals surface area contributed by atoms with Crippen LogP contribution in [-0.4, -0.2) is 65.3 Å². The molecule has 4 aromatic heterocycles. The quantitative estimate of drug-likeness (QED) is 0.425. The summed E-state index contributed by atoms with van der Waals surface area (Å²) in [5, 5.41) is 21.6. The van der Waals surface area contributed by atoms with E-state index in [4.69, 9.17) is 4.52 Å². The Morgan fingerprint density at radius 2 is 1.91 bits per heavy atom. The Kier molecular flexibility index (Phi) is 5.28. The number of nitrogens with zero attached hydrogens (tertiary/aromatic N) is 7. The first-order valence-corrected chi connectivity index (χ1v) is 10.6. The van der Waals surface area contributed by atoms with Crippen molar-refractivity contribution in [2.24, 2.45) is 0 Å². The van der Waals surface area contributed by atoms with Gasteiger partial charge in [-0.3, -0.25) is 9.48 Å². The van der Waals surface area contributed by atoms with Crippen LogP contribution in [0.1, 0.15) is 12.7 Å². The number of anilines is 2. The zero-order valence-corrected chi connectivity index (χ0v) is 18.7. The van der Waals surface area contributed by atoms with Crippen LogP contribution >= 0.6 is 0 Å². The molecule has 11 nitrogen and oxygen atoms in total. The predicted octanol–water partition coefficient (Wildman–Crippen LogP) is 2.45. The highest BCUT2D eigenvalue weighted by Gasteiger charge is 2.68. The lowest BCUT2D eigenvalue weighted by atomic mass is 9.95. The third-order valence-corrected chi connectivity index (χ3v) is 5.63. The van der Waals surface area contributed by atoms with Gasteiger partial charge in [-0.15, -0.1) is 0 Å². The first kappa shape index (κ1) is 22.5. The van der Waals surface area contributed by atoms with Gasteiger partial charge in [-0.1, -0.05) is 11.2 Å². The van der Waals surface area contributed by atoms with Crippen LogP contribution in [-0.2, 0) is 16.9 Å². The highest BCUT2D eigenvalue weighted by molar-refractivity contribution is 5.89. The second kappa shape index (κ2) is 8.20. The summed E-state index contributed by atoms with van der Waals surface area (Å²) in [4.78, 5) is 26.2. The Morgan fingerprint density at radius 1 is 1.17 bits per heavy atom. The van der Waals surface area contributed by atoms with E-state index in [0.717, 1.165) is 23.2 Å². The summed E-state index contributed by atoms with van der Waals surface area (Å²) >= 11 is 0. The van der Waals surface area contributed by atoms with Crippen LogP contribution in [0.15, 0.2) is 53.4 Å². The monoisotopic (exact) mass is 482 g/mol. The number of likely N-dealkylation sites (N-methyl/N-ethyl adjacent to an activating group) is 1. The summed E-state index contributed by atoms with van der Waals surface area (Å²) in [6.07, 6.45) is 5.05. The van der Waals surface area contributed by atoms with Gasteiger partial charge >= 0.3 is 5.92 Å². The van der Waals surface area contributed by atoms with Gasteiger partial charge in [0.15, 0.2) is 5.76 Å². The highest BCUT2D eigenvalue weighted by atomic mass is 19.3. The second-order valence-electron chi connectivity index (χ2n) is 8.04. The number of alkyl halides is 2. The number of pyridine rings is 1. The lowest BCUT2D eigenvalue weighted by Crippen LogP contribution is -2.46. The van der Waals surface area contributed by atoms with Crippen molar-refractivity contribution < 1.29 is 23.2 Å². The third kappa shape index (κ3) is 3.79. The van der Waals surface area contributed by atoms with Crippen LogP contribution in [0.3, 0.4) is 0 Å². The van der Waals surface area contributed by atoms with E-state index in [1.807, 2.05) is 13.1 Å². The van der Waals surface area contributed by atoms with Crippen molar-refractivity contribution in [3.05, 3.63) is 54.7 Å². The van der Waals surface area contributed by atoms with Crippen molar-refractivity contribution in [3.63, 3.8) is 0 Å². The maximum atomic E-state index is 14.5.